The average molecular weight is 253 g/mol. The highest BCUT2D eigenvalue weighted by Gasteiger charge is 2.28. The first-order valence-corrected chi connectivity index (χ1v) is 7.81. The second-order valence-corrected chi connectivity index (χ2v) is 7.13. The minimum Gasteiger partial charge on any atom is -0.306 e. The lowest BCUT2D eigenvalue weighted by Crippen LogP contribution is -2.32. The molecule has 1 N–H and O–H groups in total. The van der Waals surface area contributed by atoms with Gasteiger partial charge in [0.25, 0.3) is 0 Å². The zero-order valence-corrected chi connectivity index (χ0v) is 11.1. The van der Waals surface area contributed by atoms with E-state index in [0.717, 1.165) is 6.42 Å². The van der Waals surface area contributed by atoms with Gasteiger partial charge in [-0.05, 0) is 25.8 Å². The molecule has 1 aromatic rings. The molecule has 0 bridgehead atoms. The number of hydrogen-bond donors (Lipinski definition) is 1. The van der Waals surface area contributed by atoms with Gasteiger partial charge in [0.1, 0.15) is 0 Å². The molecular weight excluding hydrogens is 234 g/mol. The van der Waals surface area contributed by atoms with Gasteiger partial charge in [-0.15, -0.1) is 0 Å². The summed E-state index contributed by atoms with van der Waals surface area (Å²) in [7, 11) is -2.79. The van der Waals surface area contributed by atoms with Gasteiger partial charge in [0.2, 0.25) is 0 Å². The maximum absolute atomic E-state index is 11.4. The number of benzene rings is 1. The molecule has 1 aliphatic heterocycles. The molecule has 94 valence electrons. The Labute approximate surface area is 103 Å². The van der Waals surface area contributed by atoms with Crippen LogP contribution >= 0.6 is 0 Å². The van der Waals surface area contributed by atoms with Crippen molar-refractivity contribution >= 4 is 9.84 Å². The average Bonchev–Trinajstić information content (AvgIpc) is 2.59. The first-order valence-electron chi connectivity index (χ1n) is 5.99. The van der Waals surface area contributed by atoms with Crippen molar-refractivity contribution < 1.29 is 8.42 Å². The maximum atomic E-state index is 11.4. The van der Waals surface area contributed by atoms with E-state index in [0.29, 0.717) is 5.75 Å². The van der Waals surface area contributed by atoms with Crippen LogP contribution in [0.4, 0.5) is 0 Å². The van der Waals surface area contributed by atoms with Crippen molar-refractivity contribution in [3.05, 3.63) is 35.4 Å². The van der Waals surface area contributed by atoms with Gasteiger partial charge in [0.05, 0.1) is 11.5 Å². The summed E-state index contributed by atoms with van der Waals surface area (Å²) in [4.78, 5) is 0. The Morgan fingerprint density at radius 2 is 1.94 bits per heavy atom. The van der Waals surface area contributed by atoms with Crippen LogP contribution in [-0.2, 0) is 9.84 Å². The van der Waals surface area contributed by atoms with E-state index in [-0.39, 0.29) is 17.8 Å². The molecule has 0 aliphatic carbocycles. The summed E-state index contributed by atoms with van der Waals surface area (Å²) in [6.45, 7) is 4.14. The molecule has 0 radical (unpaired) electrons. The molecule has 0 amide bonds. The van der Waals surface area contributed by atoms with Crippen molar-refractivity contribution in [2.24, 2.45) is 0 Å². The van der Waals surface area contributed by atoms with E-state index < -0.39 is 9.84 Å². The maximum Gasteiger partial charge on any atom is 0.151 e. The Balaban J connectivity index is 1.98. The van der Waals surface area contributed by atoms with Crippen LogP contribution in [0, 0.1) is 6.92 Å². The Bertz CT molecular complexity index is 479. The molecule has 2 atom stereocenters. The van der Waals surface area contributed by atoms with Gasteiger partial charge in [-0.3, -0.25) is 0 Å². The van der Waals surface area contributed by atoms with Crippen molar-refractivity contribution in [2.75, 3.05) is 11.5 Å². The molecule has 4 heteroatoms. The molecule has 1 heterocycles. The number of rotatable bonds is 3. The summed E-state index contributed by atoms with van der Waals surface area (Å²) in [6.07, 6.45) is 0.735. The summed E-state index contributed by atoms with van der Waals surface area (Å²) >= 11 is 0. The van der Waals surface area contributed by atoms with Crippen molar-refractivity contribution in [3.63, 3.8) is 0 Å². The lowest BCUT2D eigenvalue weighted by atomic mass is 10.1. The minimum absolute atomic E-state index is 0.108. The van der Waals surface area contributed by atoms with E-state index in [1.54, 1.807) is 0 Å². The molecular formula is C13H19NO2S. The first-order chi connectivity index (χ1) is 7.96. The fraction of sp³-hybridized carbons (Fsp3) is 0.538. The zero-order chi connectivity index (χ0) is 12.5. The molecule has 0 aromatic heterocycles. The largest absolute Gasteiger partial charge is 0.306 e. The van der Waals surface area contributed by atoms with Crippen LogP contribution < -0.4 is 5.32 Å². The van der Waals surface area contributed by atoms with Gasteiger partial charge >= 0.3 is 0 Å². The molecule has 1 aromatic carbocycles. The lowest BCUT2D eigenvalue weighted by Gasteiger charge is -2.18. The predicted octanol–water partition coefficient (Wildman–Crippen LogP) is 1.83. The highest BCUT2D eigenvalue weighted by atomic mass is 32.2. The van der Waals surface area contributed by atoms with Gasteiger partial charge in [-0.1, -0.05) is 29.8 Å². The van der Waals surface area contributed by atoms with Crippen LogP contribution in [0.5, 0.6) is 0 Å². The number of sulfone groups is 1. The van der Waals surface area contributed by atoms with E-state index in [4.69, 9.17) is 0 Å². The highest BCUT2D eigenvalue weighted by Crippen LogP contribution is 2.18. The Morgan fingerprint density at radius 1 is 1.29 bits per heavy atom. The topological polar surface area (TPSA) is 46.2 Å². The van der Waals surface area contributed by atoms with Gasteiger partial charge in [0, 0.05) is 12.1 Å². The quantitative estimate of drug-likeness (QED) is 0.894. The molecule has 2 rings (SSSR count). The van der Waals surface area contributed by atoms with Crippen molar-refractivity contribution in [1.82, 2.24) is 5.32 Å². The molecule has 1 fully saturated rings. The monoisotopic (exact) mass is 253 g/mol. The third-order valence-corrected chi connectivity index (χ3v) is 5.06. The Kier molecular flexibility index (Phi) is 3.54. The van der Waals surface area contributed by atoms with Crippen LogP contribution in [0.15, 0.2) is 24.3 Å². The van der Waals surface area contributed by atoms with Crippen LogP contribution in [-0.4, -0.2) is 26.0 Å². The molecule has 2 unspecified atom stereocenters. The predicted molar refractivity (Wildman–Crippen MR) is 69.8 cm³/mol. The summed E-state index contributed by atoms with van der Waals surface area (Å²) in [5.74, 6) is 0.606. The second-order valence-electron chi connectivity index (χ2n) is 4.90. The summed E-state index contributed by atoms with van der Waals surface area (Å²) < 4.78 is 22.7. The third-order valence-electron chi connectivity index (χ3n) is 3.30. The van der Waals surface area contributed by atoms with Crippen molar-refractivity contribution in [1.29, 1.82) is 0 Å². The molecule has 17 heavy (non-hydrogen) atoms. The third kappa shape index (κ3) is 3.30. The highest BCUT2D eigenvalue weighted by molar-refractivity contribution is 7.91. The second kappa shape index (κ2) is 4.78. The summed E-state index contributed by atoms with van der Waals surface area (Å²) in [6, 6.07) is 8.66. The van der Waals surface area contributed by atoms with Crippen LogP contribution in [0.2, 0.25) is 0 Å². The molecule has 3 nitrogen and oxygen atoms in total. The standard InChI is InChI=1S/C13H19NO2S/c1-10-3-5-12(6-4-10)11(2)14-13-7-8-17(15,16)9-13/h3-6,11,13-14H,7-9H2,1-2H3. The first kappa shape index (κ1) is 12.6. The summed E-state index contributed by atoms with van der Waals surface area (Å²) in [5, 5.41) is 3.39. The molecule has 0 saturated carbocycles. The lowest BCUT2D eigenvalue weighted by molar-refractivity contribution is 0.485. The van der Waals surface area contributed by atoms with Gasteiger partial charge in [0.15, 0.2) is 9.84 Å². The number of aryl methyl sites for hydroxylation is 1. The molecule has 1 aliphatic rings. The molecule has 1 saturated heterocycles. The Hall–Kier alpha value is -0.870. The van der Waals surface area contributed by atoms with Gasteiger partial charge in [-0.2, -0.15) is 0 Å². The Morgan fingerprint density at radius 3 is 2.47 bits per heavy atom. The van der Waals surface area contributed by atoms with Crippen LogP contribution in [0.25, 0.3) is 0 Å². The van der Waals surface area contributed by atoms with Gasteiger partial charge < -0.3 is 5.32 Å². The van der Waals surface area contributed by atoms with Gasteiger partial charge in [-0.25, -0.2) is 8.42 Å². The van der Waals surface area contributed by atoms with E-state index in [1.807, 2.05) is 0 Å². The number of nitrogens with one attached hydrogen (secondary N) is 1. The molecule has 0 spiro atoms. The van der Waals surface area contributed by atoms with E-state index >= 15 is 0 Å². The van der Waals surface area contributed by atoms with Crippen molar-refractivity contribution in [3.8, 4) is 0 Å². The fourth-order valence-electron chi connectivity index (χ4n) is 2.23. The van der Waals surface area contributed by atoms with E-state index in [2.05, 4.69) is 43.4 Å². The van der Waals surface area contributed by atoms with Crippen LogP contribution in [0.1, 0.15) is 30.5 Å². The smallest absolute Gasteiger partial charge is 0.151 e. The van der Waals surface area contributed by atoms with E-state index in [1.165, 1.54) is 11.1 Å². The van der Waals surface area contributed by atoms with E-state index in [9.17, 15) is 8.42 Å². The SMILES string of the molecule is Cc1ccc(C(C)NC2CCS(=O)(=O)C2)cc1. The van der Waals surface area contributed by atoms with Crippen LogP contribution in [0.3, 0.4) is 0 Å². The normalized spacial score (nSPS) is 24.7. The summed E-state index contributed by atoms with van der Waals surface area (Å²) in [5.41, 5.74) is 2.45. The zero-order valence-electron chi connectivity index (χ0n) is 10.3. The fourth-order valence-corrected chi connectivity index (χ4v) is 3.92. The minimum atomic E-state index is -2.79. The van der Waals surface area contributed by atoms with Crippen molar-refractivity contribution in [2.45, 2.75) is 32.4 Å². The number of hydrogen-bond acceptors (Lipinski definition) is 3.